The summed E-state index contributed by atoms with van der Waals surface area (Å²) in [5.74, 6) is 0.930. The third kappa shape index (κ3) is 2.15. The quantitative estimate of drug-likeness (QED) is 0.532. The monoisotopic (exact) mass is 420 g/mol. The van der Waals surface area contributed by atoms with Crippen LogP contribution in [0.5, 0.6) is 0 Å². The lowest BCUT2D eigenvalue weighted by Crippen LogP contribution is -2.57. The number of fused-ring (bicyclic) bond motifs is 5. The van der Waals surface area contributed by atoms with Gasteiger partial charge in [-0.15, -0.1) is 0 Å². The van der Waals surface area contributed by atoms with E-state index >= 15 is 0 Å². The third-order valence-corrected chi connectivity index (χ3v) is 8.97. The van der Waals surface area contributed by atoms with Crippen molar-refractivity contribution < 1.29 is 14.7 Å². The zero-order chi connectivity index (χ0) is 18.9. The molecular formula is C22H29BrO3. The van der Waals surface area contributed by atoms with Crippen molar-refractivity contribution in [3.05, 3.63) is 23.3 Å². The SMILES string of the molecule is C[C@@H]1C[C@H]2[C@@H]3CCC4=CC(=O)CC[C@]4(C)C3=CC[C@]2(C)[C@@]1(O)C(=O)CBr. The Balaban J connectivity index is 1.78. The molecule has 4 aliphatic carbocycles. The number of halogens is 1. The van der Waals surface area contributed by atoms with Crippen LogP contribution in [-0.2, 0) is 9.59 Å². The van der Waals surface area contributed by atoms with Gasteiger partial charge < -0.3 is 5.11 Å². The Kier molecular flexibility index (Phi) is 4.21. The Hall–Kier alpha value is -0.740. The molecule has 0 heterocycles. The van der Waals surface area contributed by atoms with Crippen LogP contribution in [0.3, 0.4) is 0 Å². The Bertz CT molecular complexity index is 738. The minimum absolute atomic E-state index is 0.00152. The van der Waals surface area contributed by atoms with Crippen LogP contribution in [0.4, 0.5) is 0 Å². The maximum absolute atomic E-state index is 12.7. The number of ketones is 2. The smallest absolute Gasteiger partial charge is 0.175 e. The summed E-state index contributed by atoms with van der Waals surface area (Å²) in [7, 11) is 0. The number of aliphatic hydroxyl groups is 1. The summed E-state index contributed by atoms with van der Waals surface area (Å²) in [4.78, 5) is 24.6. The summed E-state index contributed by atoms with van der Waals surface area (Å²) in [6.45, 7) is 6.48. The molecule has 0 bridgehead atoms. The van der Waals surface area contributed by atoms with Crippen molar-refractivity contribution in [1.29, 1.82) is 0 Å². The highest BCUT2D eigenvalue weighted by atomic mass is 79.9. The van der Waals surface area contributed by atoms with Gasteiger partial charge in [0.25, 0.3) is 0 Å². The summed E-state index contributed by atoms with van der Waals surface area (Å²) < 4.78 is 0. The molecule has 6 atom stereocenters. The first-order chi connectivity index (χ1) is 12.2. The van der Waals surface area contributed by atoms with E-state index in [4.69, 9.17) is 0 Å². The number of rotatable bonds is 2. The highest BCUT2D eigenvalue weighted by Gasteiger charge is 2.66. The second kappa shape index (κ2) is 5.88. The van der Waals surface area contributed by atoms with Gasteiger partial charge in [0.2, 0.25) is 0 Å². The normalized spacial score (nSPS) is 47.4. The molecule has 142 valence electrons. The van der Waals surface area contributed by atoms with E-state index in [2.05, 4.69) is 35.9 Å². The molecule has 4 rings (SSSR count). The number of hydrogen-bond donors (Lipinski definition) is 1. The Morgan fingerprint density at radius 1 is 1.35 bits per heavy atom. The van der Waals surface area contributed by atoms with Crippen molar-refractivity contribution in [2.75, 3.05) is 5.33 Å². The number of carbonyl (C=O) groups is 2. The first kappa shape index (κ1) is 18.6. The van der Waals surface area contributed by atoms with Crippen LogP contribution in [0, 0.1) is 28.6 Å². The van der Waals surface area contributed by atoms with E-state index < -0.39 is 11.0 Å². The van der Waals surface area contributed by atoms with Gasteiger partial charge in [0.05, 0.1) is 5.33 Å². The molecule has 26 heavy (non-hydrogen) atoms. The van der Waals surface area contributed by atoms with Crippen LogP contribution in [0.25, 0.3) is 0 Å². The predicted molar refractivity (Wildman–Crippen MR) is 105 cm³/mol. The molecular weight excluding hydrogens is 392 g/mol. The summed E-state index contributed by atoms with van der Waals surface area (Å²) >= 11 is 3.29. The Morgan fingerprint density at radius 3 is 2.77 bits per heavy atom. The van der Waals surface area contributed by atoms with E-state index in [1.807, 2.05) is 13.0 Å². The minimum Gasteiger partial charge on any atom is -0.381 e. The van der Waals surface area contributed by atoms with Crippen molar-refractivity contribution >= 4 is 27.5 Å². The number of allylic oxidation sites excluding steroid dienone is 4. The molecule has 2 fully saturated rings. The molecule has 0 amide bonds. The third-order valence-electron chi connectivity index (χ3n) is 8.46. The van der Waals surface area contributed by atoms with Gasteiger partial charge >= 0.3 is 0 Å². The van der Waals surface area contributed by atoms with Crippen LogP contribution < -0.4 is 0 Å². The molecule has 0 unspecified atom stereocenters. The molecule has 0 aromatic carbocycles. The average molecular weight is 421 g/mol. The molecule has 0 spiro atoms. The summed E-state index contributed by atoms with van der Waals surface area (Å²) in [6.07, 6.45) is 9.42. The van der Waals surface area contributed by atoms with Crippen LogP contribution in [-0.4, -0.2) is 27.6 Å². The van der Waals surface area contributed by atoms with Gasteiger partial charge in [-0.2, -0.15) is 0 Å². The first-order valence-corrected chi connectivity index (χ1v) is 11.1. The predicted octanol–water partition coefficient (Wildman–Crippen LogP) is 4.38. The fourth-order valence-electron chi connectivity index (χ4n) is 6.90. The molecule has 0 aliphatic heterocycles. The second-order valence-corrected chi connectivity index (χ2v) is 10.0. The van der Waals surface area contributed by atoms with Gasteiger partial charge in [0, 0.05) is 17.3 Å². The largest absolute Gasteiger partial charge is 0.381 e. The standard InChI is InChI=1S/C22H29BrO3/c1-13-10-18-16-5-4-14-11-15(24)6-8-20(14,2)17(16)7-9-21(18,3)22(13,26)19(25)12-23/h7,11,13,16,18,26H,4-6,8-10,12H2,1-3H3/t13-,16-,18+,20+,21+,22+/m1/s1. The molecule has 2 saturated carbocycles. The van der Waals surface area contributed by atoms with E-state index in [0.29, 0.717) is 18.3 Å². The van der Waals surface area contributed by atoms with Gasteiger partial charge in [-0.25, -0.2) is 0 Å². The number of carbonyl (C=O) groups excluding carboxylic acids is 2. The number of hydrogen-bond acceptors (Lipinski definition) is 3. The molecule has 0 radical (unpaired) electrons. The van der Waals surface area contributed by atoms with Gasteiger partial charge in [0.1, 0.15) is 5.60 Å². The minimum atomic E-state index is -1.25. The molecule has 0 aromatic heterocycles. The van der Waals surface area contributed by atoms with E-state index in [-0.39, 0.29) is 28.2 Å². The molecule has 0 aromatic rings. The highest BCUT2D eigenvalue weighted by molar-refractivity contribution is 9.09. The number of Topliss-reactive ketones (excluding diaryl/α,β-unsaturated/α-hetero) is 1. The lowest BCUT2D eigenvalue weighted by Gasteiger charge is -2.54. The molecule has 0 saturated heterocycles. The van der Waals surface area contributed by atoms with Crippen molar-refractivity contribution in [3.63, 3.8) is 0 Å². The van der Waals surface area contributed by atoms with Crippen molar-refractivity contribution in [2.24, 2.45) is 28.6 Å². The zero-order valence-corrected chi connectivity index (χ0v) is 17.6. The van der Waals surface area contributed by atoms with Gasteiger partial charge in [-0.1, -0.05) is 53.9 Å². The zero-order valence-electron chi connectivity index (χ0n) is 16.0. The van der Waals surface area contributed by atoms with Crippen LogP contribution in [0.15, 0.2) is 23.3 Å². The molecule has 1 N–H and O–H groups in total. The van der Waals surface area contributed by atoms with Crippen molar-refractivity contribution in [2.45, 2.75) is 64.9 Å². The van der Waals surface area contributed by atoms with Crippen LogP contribution in [0.2, 0.25) is 0 Å². The summed E-state index contributed by atoms with van der Waals surface area (Å²) in [5, 5.41) is 11.8. The summed E-state index contributed by atoms with van der Waals surface area (Å²) in [5.41, 5.74) is 1.14. The van der Waals surface area contributed by atoms with E-state index in [1.165, 1.54) is 11.1 Å². The van der Waals surface area contributed by atoms with E-state index in [1.54, 1.807) is 0 Å². The molecule has 4 aliphatic rings. The topological polar surface area (TPSA) is 54.4 Å². The van der Waals surface area contributed by atoms with Gasteiger partial charge in [0.15, 0.2) is 11.6 Å². The number of alkyl halides is 1. The summed E-state index contributed by atoms with van der Waals surface area (Å²) in [6, 6.07) is 0. The fraction of sp³-hybridized carbons (Fsp3) is 0.727. The molecule has 4 heteroatoms. The average Bonchev–Trinajstić information content (AvgIpc) is 2.83. The lowest BCUT2D eigenvalue weighted by molar-refractivity contribution is -0.155. The van der Waals surface area contributed by atoms with E-state index in [9.17, 15) is 14.7 Å². The second-order valence-electron chi connectivity index (χ2n) is 9.46. The Labute approximate surface area is 164 Å². The maximum Gasteiger partial charge on any atom is 0.175 e. The Morgan fingerprint density at radius 2 is 2.08 bits per heavy atom. The van der Waals surface area contributed by atoms with Crippen molar-refractivity contribution in [1.82, 2.24) is 0 Å². The van der Waals surface area contributed by atoms with Crippen LogP contribution in [0.1, 0.15) is 59.3 Å². The van der Waals surface area contributed by atoms with Gasteiger partial charge in [-0.3, -0.25) is 9.59 Å². The van der Waals surface area contributed by atoms with Gasteiger partial charge in [-0.05, 0) is 55.9 Å². The highest BCUT2D eigenvalue weighted by Crippen LogP contribution is 2.66. The maximum atomic E-state index is 12.7. The van der Waals surface area contributed by atoms with E-state index in [0.717, 1.165) is 32.1 Å². The molecule has 3 nitrogen and oxygen atoms in total. The fourth-order valence-corrected chi connectivity index (χ4v) is 7.32. The lowest BCUT2D eigenvalue weighted by atomic mass is 9.50. The first-order valence-electron chi connectivity index (χ1n) is 9.94. The van der Waals surface area contributed by atoms with Crippen molar-refractivity contribution in [3.8, 4) is 0 Å². The van der Waals surface area contributed by atoms with Crippen LogP contribution >= 0.6 is 15.9 Å².